The summed E-state index contributed by atoms with van der Waals surface area (Å²) in [6, 6.07) is 0.757. The zero-order valence-electron chi connectivity index (χ0n) is 9.32. The van der Waals surface area contributed by atoms with Crippen LogP contribution in [0.3, 0.4) is 0 Å². The van der Waals surface area contributed by atoms with E-state index in [9.17, 15) is 0 Å². The Morgan fingerprint density at radius 2 is 2.25 bits per heavy atom. The lowest BCUT2D eigenvalue weighted by Crippen LogP contribution is -2.19. The van der Waals surface area contributed by atoms with Crippen LogP contribution < -0.4 is 5.32 Å². The summed E-state index contributed by atoms with van der Waals surface area (Å²) in [5.74, 6) is 2.85. The number of thioether (sulfide) groups is 1. The summed E-state index contributed by atoms with van der Waals surface area (Å²) >= 11 is 1.94. The molecule has 1 aromatic rings. The molecule has 1 unspecified atom stereocenters. The highest BCUT2D eigenvalue weighted by Crippen LogP contribution is 2.38. The van der Waals surface area contributed by atoms with Crippen molar-refractivity contribution in [2.75, 3.05) is 12.3 Å². The molecule has 1 aromatic heterocycles. The van der Waals surface area contributed by atoms with Crippen LogP contribution in [0.15, 0.2) is 4.42 Å². The minimum Gasteiger partial charge on any atom is -0.424 e. The van der Waals surface area contributed by atoms with Gasteiger partial charge in [-0.25, -0.2) is 0 Å². The molecule has 1 aliphatic heterocycles. The minimum atomic E-state index is 0.456. The Bertz CT molecular complexity index is 345. The standard InChI is InChI=1S/C11H17N3OS/c1-2-9(16-7-1)11-14-13-10(15-11)5-6-12-8-3-4-8/h8-9,12H,1-7H2. The van der Waals surface area contributed by atoms with E-state index in [4.69, 9.17) is 4.42 Å². The lowest BCUT2D eigenvalue weighted by atomic mass is 10.2. The second kappa shape index (κ2) is 4.75. The molecule has 16 heavy (non-hydrogen) atoms. The third-order valence-electron chi connectivity index (χ3n) is 3.04. The average Bonchev–Trinajstić information content (AvgIpc) is 2.83. The fourth-order valence-corrected chi connectivity index (χ4v) is 3.13. The van der Waals surface area contributed by atoms with E-state index >= 15 is 0 Å². The second-order valence-corrected chi connectivity index (χ2v) is 5.82. The van der Waals surface area contributed by atoms with Gasteiger partial charge in [0.2, 0.25) is 11.8 Å². The molecule has 2 aliphatic rings. The van der Waals surface area contributed by atoms with Crippen molar-refractivity contribution in [2.24, 2.45) is 0 Å². The Balaban J connectivity index is 1.50. The predicted octanol–water partition coefficient (Wildman–Crippen LogP) is 1.93. The van der Waals surface area contributed by atoms with E-state index in [1.165, 1.54) is 31.4 Å². The van der Waals surface area contributed by atoms with Gasteiger partial charge in [0.15, 0.2) is 0 Å². The van der Waals surface area contributed by atoms with Gasteiger partial charge in [0.1, 0.15) is 0 Å². The normalized spacial score (nSPS) is 25.1. The van der Waals surface area contributed by atoms with Gasteiger partial charge in [-0.1, -0.05) is 0 Å². The molecule has 1 atom stereocenters. The molecule has 88 valence electrons. The van der Waals surface area contributed by atoms with Crippen LogP contribution in [0.2, 0.25) is 0 Å². The summed E-state index contributed by atoms with van der Waals surface area (Å²) in [7, 11) is 0. The first kappa shape index (κ1) is 10.6. The van der Waals surface area contributed by atoms with Gasteiger partial charge in [0.05, 0.1) is 5.25 Å². The van der Waals surface area contributed by atoms with Gasteiger partial charge in [-0.05, 0) is 31.4 Å². The van der Waals surface area contributed by atoms with Crippen molar-refractivity contribution in [3.63, 3.8) is 0 Å². The molecule has 3 rings (SSSR count). The summed E-state index contributed by atoms with van der Waals surface area (Å²) in [4.78, 5) is 0. The molecule has 0 radical (unpaired) electrons. The SMILES string of the molecule is C1CSC(c2nnc(CCNC3CC3)o2)C1. The summed E-state index contributed by atoms with van der Waals surface area (Å²) in [6.45, 7) is 0.962. The quantitative estimate of drug-likeness (QED) is 0.851. The number of rotatable bonds is 5. The fraction of sp³-hybridized carbons (Fsp3) is 0.818. The maximum Gasteiger partial charge on any atom is 0.229 e. The largest absolute Gasteiger partial charge is 0.424 e. The van der Waals surface area contributed by atoms with Crippen LogP contribution in [-0.4, -0.2) is 28.5 Å². The second-order valence-electron chi connectivity index (χ2n) is 4.51. The van der Waals surface area contributed by atoms with E-state index < -0.39 is 0 Å². The van der Waals surface area contributed by atoms with Crippen LogP contribution in [0, 0.1) is 0 Å². The van der Waals surface area contributed by atoms with Crippen molar-refractivity contribution in [1.29, 1.82) is 0 Å². The van der Waals surface area contributed by atoms with E-state index in [0.29, 0.717) is 5.25 Å². The van der Waals surface area contributed by atoms with Crippen molar-refractivity contribution in [3.8, 4) is 0 Å². The van der Waals surface area contributed by atoms with Crippen LogP contribution >= 0.6 is 11.8 Å². The number of hydrogen-bond acceptors (Lipinski definition) is 5. The third-order valence-corrected chi connectivity index (χ3v) is 4.40. The van der Waals surface area contributed by atoms with Crippen LogP contribution in [0.25, 0.3) is 0 Å². The van der Waals surface area contributed by atoms with E-state index in [-0.39, 0.29) is 0 Å². The van der Waals surface area contributed by atoms with Gasteiger partial charge < -0.3 is 9.73 Å². The molecule has 4 nitrogen and oxygen atoms in total. The van der Waals surface area contributed by atoms with Crippen molar-refractivity contribution in [3.05, 3.63) is 11.8 Å². The molecule has 0 spiro atoms. The topological polar surface area (TPSA) is 51.0 Å². The van der Waals surface area contributed by atoms with Gasteiger partial charge in [0, 0.05) is 19.0 Å². The van der Waals surface area contributed by atoms with Crippen LogP contribution in [0.4, 0.5) is 0 Å². The van der Waals surface area contributed by atoms with E-state index in [2.05, 4.69) is 15.5 Å². The first-order valence-electron chi connectivity index (χ1n) is 6.09. The number of hydrogen-bond donors (Lipinski definition) is 1. The van der Waals surface area contributed by atoms with E-state index in [0.717, 1.165) is 30.8 Å². The zero-order valence-corrected chi connectivity index (χ0v) is 10.1. The molecule has 1 saturated heterocycles. The smallest absolute Gasteiger partial charge is 0.229 e. The highest BCUT2D eigenvalue weighted by molar-refractivity contribution is 7.99. The lowest BCUT2D eigenvalue weighted by Gasteiger charge is -2.00. The van der Waals surface area contributed by atoms with Gasteiger partial charge in [0.25, 0.3) is 0 Å². The van der Waals surface area contributed by atoms with Crippen LogP contribution in [0.5, 0.6) is 0 Å². The van der Waals surface area contributed by atoms with Crippen molar-refractivity contribution >= 4 is 11.8 Å². The fourth-order valence-electron chi connectivity index (χ4n) is 1.94. The summed E-state index contributed by atoms with van der Waals surface area (Å²) in [6.07, 6.45) is 5.98. The van der Waals surface area contributed by atoms with Crippen molar-refractivity contribution < 1.29 is 4.42 Å². The summed E-state index contributed by atoms with van der Waals surface area (Å²) < 4.78 is 5.69. The molecule has 0 bridgehead atoms. The maximum absolute atomic E-state index is 5.69. The molecule has 0 aromatic carbocycles. The third kappa shape index (κ3) is 2.58. The first-order chi connectivity index (χ1) is 7.92. The van der Waals surface area contributed by atoms with E-state index in [1.54, 1.807) is 0 Å². The Morgan fingerprint density at radius 3 is 3.00 bits per heavy atom. The van der Waals surface area contributed by atoms with Crippen LogP contribution in [0.1, 0.15) is 42.7 Å². The van der Waals surface area contributed by atoms with Crippen molar-refractivity contribution in [1.82, 2.24) is 15.5 Å². The Hall–Kier alpha value is -0.550. The van der Waals surface area contributed by atoms with E-state index in [1.807, 2.05) is 11.8 Å². The Morgan fingerprint density at radius 1 is 1.31 bits per heavy atom. The molecular formula is C11H17N3OS. The highest BCUT2D eigenvalue weighted by Gasteiger charge is 2.23. The predicted molar refractivity (Wildman–Crippen MR) is 63.5 cm³/mol. The molecular weight excluding hydrogens is 222 g/mol. The molecule has 1 N–H and O–H groups in total. The molecule has 0 amide bonds. The highest BCUT2D eigenvalue weighted by atomic mass is 32.2. The number of nitrogens with zero attached hydrogens (tertiary/aromatic N) is 2. The molecule has 1 saturated carbocycles. The van der Waals surface area contributed by atoms with Gasteiger partial charge in [-0.3, -0.25) is 0 Å². The molecule has 2 heterocycles. The Kier molecular flexibility index (Phi) is 3.15. The number of nitrogens with one attached hydrogen (secondary N) is 1. The minimum absolute atomic E-state index is 0.456. The average molecular weight is 239 g/mol. The molecule has 1 aliphatic carbocycles. The van der Waals surface area contributed by atoms with Crippen LogP contribution in [-0.2, 0) is 6.42 Å². The number of aromatic nitrogens is 2. The summed E-state index contributed by atoms with van der Waals surface area (Å²) in [5.41, 5.74) is 0. The monoisotopic (exact) mass is 239 g/mol. The zero-order chi connectivity index (χ0) is 10.8. The van der Waals surface area contributed by atoms with Gasteiger partial charge in [-0.15, -0.1) is 22.0 Å². The summed E-state index contributed by atoms with van der Waals surface area (Å²) in [5, 5.41) is 12.2. The lowest BCUT2D eigenvalue weighted by molar-refractivity contribution is 0.438. The Labute approximate surface area is 99.6 Å². The molecule has 5 heteroatoms. The molecule has 2 fully saturated rings. The van der Waals surface area contributed by atoms with Gasteiger partial charge >= 0.3 is 0 Å². The van der Waals surface area contributed by atoms with Crippen molar-refractivity contribution in [2.45, 2.75) is 43.4 Å². The van der Waals surface area contributed by atoms with Gasteiger partial charge in [-0.2, -0.15) is 0 Å². The maximum atomic E-state index is 5.69. The first-order valence-corrected chi connectivity index (χ1v) is 7.14.